The molecule has 0 aliphatic carbocycles. The Morgan fingerprint density at radius 1 is 0.590 bits per heavy atom. The first kappa shape index (κ1) is 57.6. The Bertz CT molecular complexity index is 1420. The van der Waals surface area contributed by atoms with Gasteiger partial charge < -0.3 is 24.0 Å². The highest BCUT2D eigenvalue weighted by atomic mass is 31.2. The molecule has 11 heteroatoms. The molecule has 0 heterocycles. The van der Waals surface area contributed by atoms with Crippen LogP contribution in [0.4, 0.5) is 0 Å². The second-order valence-electron chi connectivity index (χ2n) is 15.9. The minimum Gasteiger partial charge on any atom is -0.462 e. The molecule has 0 saturated heterocycles. The maximum atomic E-state index is 12.7. The average molecular weight is 873 g/mol. The fraction of sp³-hybridized carbons (Fsp3) is 0.600. The molecule has 0 aliphatic heterocycles. The van der Waals surface area contributed by atoms with Crippen LogP contribution in [0, 0.1) is 0 Å². The van der Waals surface area contributed by atoms with Crippen LogP contribution in [-0.4, -0.2) is 86.1 Å². The van der Waals surface area contributed by atoms with E-state index in [0.717, 1.165) is 64.2 Å². The lowest BCUT2D eigenvalue weighted by Crippen LogP contribution is -2.37. The SMILES string of the molecule is CCCCC/C=C\C/C=C\C/C=C\C/C=C\C/C=C\CCC(=O)OC[C@H](COP(=O)(O)OCC[N+](C)(C)C)OC(=O)CCC/C=C\C/C=C\C/C=C\C=C\[C@@H](O)CCCCC. The monoisotopic (exact) mass is 873 g/mol. The maximum absolute atomic E-state index is 12.7. The molecule has 0 saturated carbocycles. The number of carbonyl (C=O) groups is 2. The standard InChI is InChI=1S/C50H82NO9P/c1-6-8-10-11-12-13-14-15-16-17-18-19-20-21-24-27-30-33-37-41-49(53)57-45-48(46-59-61(55,56)58-44-43-51(3,4)5)60-50(54)42-38-34-31-28-25-22-23-26-29-32-36-40-47(52)39-35-9-7-2/h12-13,15-16,18-19,21-24,28-33,36,40,47-48,52H,6-11,14,17,20,25-27,34-35,37-39,41-46H2,1-5H3/p+1/b13-12-,16-15-,19-18-,23-22-,24-21-,31-28-,32-29-,33-30-,40-36+/t47-,48+/m0/s1. The molecule has 0 bridgehead atoms. The van der Waals surface area contributed by atoms with E-state index in [9.17, 15) is 24.2 Å². The van der Waals surface area contributed by atoms with Crippen molar-refractivity contribution in [2.45, 2.75) is 148 Å². The number of quaternary nitrogens is 1. The van der Waals surface area contributed by atoms with Crippen LogP contribution >= 0.6 is 7.82 Å². The summed E-state index contributed by atoms with van der Waals surface area (Å²) in [5.74, 6) is -0.999. The topological polar surface area (TPSA) is 129 Å². The van der Waals surface area contributed by atoms with Crippen LogP contribution in [0.1, 0.15) is 136 Å². The molecule has 0 radical (unpaired) electrons. The Kier molecular flexibility index (Phi) is 38.4. The quantitative estimate of drug-likeness (QED) is 0.0155. The third-order valence-corrected chi connectivity index (χ3v) is 9.88. The summed E-state index contributed by atoms with van der Waals surface area (Å²) in [5, 5.41) is 9.91. The predicted molar refractivity (Wildman–Crippen MR) is 253 cm³/mol. The van der Waals surface area contributed by atoms with Crippen molar-refractivity contribution in [1.82, 2.24) is 0 Å². The van der Waals surface area contributed by atoms with Crippen molar-refractivity contribution in [2.24, 2.45) is 0 Å². The molecular formula is C50H83NO9P+. The fourth-order valence-electron chi connectivity index (χ4n) is 5.27. The van der Waals surface area contributed by atoms with E-state index in [1.165, 1.54) is 25.7 Å². The van der Waals surface area contributed by atoms with Gasteiger partial charge in [0.1, 0.15) is 19.8 Å². The first-order chi connectivity index (χ1) is 29.4. The second-order valence-corrected chi connectivity index (χ2v) is 17.4. The normalized spacial score (nSPS) is 15.1. The van der Waals surface area contributed by atoms with Crippen LogP contribution in [-0.2, 0) is 32.7 Å². The summed E-state index contributed by atoms with van der Waals surface area (Å²) in [4.78, 5) is 35.3. The van der Waals surface area contributed by atoms with Gasteiger partial charge in [0.15, 0.2) is 6.10 Å². The van der Waals surface area contributed by atoms with E-state index in [0.29, 0.717) is 30.3 Å². The summed E-state index contributed by atoms with van der Waals surface area (Å²) < 4.78 is 34.1. The lowest BCUT2D eigenvalue weighted by atomic mass is 10.1. The van der Waals surface area contributed by atoms with E-state index in [-0.39, 0.29) is 32.2 Å². The molecule has 0 amide bonds. The van der Waals surface area contributed by atoms with Gasteiger partial charge in [-0.05, 0) is 77.0 Å². The highest BCUT2D eigenvalue weighted by Gasteiger charge is 2.27. The zero-order valence-corrected chi connectivity index (χ0v) is 39.4. The minimum atomic E-state index is -4.43. The number of phosphoric ester groups is 1. The zero-order chi connectivity index (χ0) is 45.1. The van der Waals surface area contributed by atoms with Crippen LogP contribution in [0.15, 0.2) is 109 Å². The van der Waals surface area contributed by atoms with Crippen molar-refractivity contribution in [3.63, 3.8) is 0 Å². The van der Waals surface area contributed by atoms with Crippen LogP contribution in [0.25, 0.3) is 0 Å². The summed E-state index contributed by atoms with van der Waals surface area (Å²) >= 11 is 0. The van der Waals surface area contributed by atoms with Gasteiger partial charge >= 0.3 is 19.8 Å². The van der Waals surface area contributed by atoms with Crippen LogP contribution in [0.2, 0.25) is 0 Å². The van der Waals surface area contributed by atoms with Gasteiger partial charge in [-0.3, -0.25) is 18.6 Å². The Hall–Kier alpha value is -3.37. The summed E-state index contributed by atoms with van der Waals surface area (Å²) in [5.41, 5.74) is 0. The van der Waals surface area contributed by atoms with Crippen LogP contribution < -0.4 is 0 Å². The largest absolute Gasteiger partial charge is 0.472 e. The number of phosphoric acid groups is 1. The second kappa shape index (κ2) is 40.7. The Balaban J connectivity index is 4.62. The Morgan fingerprint density at radius 2 is 1.10 bits per heavy atom. The number of nitrogens with zero attached hydrogens (tertiary/aromatic N) is 1. The summed E-state index contributed by atoms with van der Waals surface area (Å²) in [6.07, 6.45) is 52.0. The summed E-state index contributed by atoms with van der Waals surface area (Å²) in [6, 6.07) is 0. The van der Waals surface area contributed by atoms with E-state index in [1.807, 2.05) is 69.8 Å². The van der Waals surface area contributed by atoms with E-state index in [1.54, 1.807) is 0 Å². The average Bonchev–Trinajstić information content (AvgIpc) is 3.21. The Labute approximate surface area is 370 Å². The number of aliphatic hydroxyl groups is 1. The Morgan fingerprint density at radius 3 is 1.66 bits per heavy atom. The predicted octanol–water partition coefficient (Wildman–Crippen LogP) is 12.1. The number of esters is 2. The molecule has 0 fully saturated rings. The molecule has 0 aromatic rings. The number of allylic oxidation sites excluding steroid dienone is 17. The van der Waals surface area contributed by atoms with E-state index in [4.69, 9.17) is 18.5 Å². The van der Waals surface area contributed by atoms with Crippen molar-refractivity contribution < 1.29 is 47.2 Å². The molecule has 0 rings (SSSR count). The van der Waals surface area contributed by atoms with Gasteiger partial charge in [-0.15, -0.1) is 0 Å². The van der Waals surface area contributed by atoms with Gasteiger partial charge in [0, 0.05) is 12.8 Å². The number of aliphatic hydroxyl groups excluding tert-OH is 1. The number of hydrogen-bond acceptors (Lipinski definition) is 8. The van der Waals surface area contributed by atoms with E-state index in [2.05, 4.69) is 74.6 Å². The van der Waals surface area contributed by atoms with Crippen molar-refractivity contribution in [3.05, 3.63) is 109 Å². The third-order valence-electron chi connectivity index (χ3n) is 8.89. The molecule has 1 unspecified atom stereocenters. The lowest BCUT2D eigenvalue weighted by Gasteiger charge is -2.24. The third kappa shape index (κ3) is 44.5. The molecule has 10 nitrogen and oxygen atoms in total. The lowest BCUT2D eigenvalue weighted by molar-refractivity contribution is -0.870. The van der Waals surface area contributed by atoms with E-state index < -0.39 is 32.5 Å². The highest BCUT2D eigenvalue weighted by molar-refractivity contribution is 7.47. The number of unbranched alkanes of at least 4 members (excludes halogenated alkanes) is 6. The molecule has 0 aromatic carbocycles. The number of carbonyl (C=O) groups excluding carboxylic acids is 2. The first-order valence-electron chi connectivity index (χ1n) is 22.7. The van der Waals surface area contributed by atoms with Gasteiger partial charge in [-0.1, -0.05) is 155 Å². The smallest absolute Gasteiger partial charge is 0.462 e. The highest BCUT2D eigenvalue weighted by Crippen LogP contribution is 2.43. The zero-order valence-electron chi connectivity index (χ0n) is 38.5. The maximum Gasteiger partial charge on any atom is 0.472 e. The number of rotatable bonds is 39. The van der Waals surface area contributed by atoms with E-state index >= 15 is 0 Å². The van der Waals surface area contributed by atoms with Crippen LogP contribution in [0.5, 0.6) is 0 Å². The molecule has 0 spiro atoms. The molecule has 61 heavy (non-hydrogen) atoms. The first-order valence-corrected chi connectivity index (χ1v) is 24.2. The summed E-state index contributed by atoms with van der Waals surface area (Å²) in [6.45, 7) is 4.07. The van der Waals surface area contributed by atoms with Crippen molar-refractivity contribution in [2.75, 3.05) is 47.5 Å². The number of hydrogen-bond donors (Lipinski definition) is 2. The van der Waals surface area contributed by atoms with Gasteiger partial charge in [-0.2, -0.15) is 0 Å². The van der Waals surface area contributed by atoms with Crippen molar-refractivity contribution >= 4 is 19.8 Å². The fourth-order valence-corrected chi connectivity index (χ4v) is 6.02. The molecule has 0 aliphatic rings. The van der Waals surface area contributed by atoms with Gasteiger partial charge in [0.2, 0.25) is 0 Å². The molecule has 346 valence electrons. The molecule has 0 aromatic heterocycles. The molecular weight excluding hydrogens is 790 g/mol. The van der Waals surface area contributed by atoms with Crippen molar-refractivity contribution in [1.29, 1.82) is 0 Å². The molecule has 3 atom stereocenters. The van der Waals surface area contributed by atoms with Gasteiger partial charge in [0.05, 0.1) is 33.9 Å². The number of likely N-dealkylation sites (N-methyl/N-ethyl adjacent to an activating group) is 1. The number of ether oxygens (including phenoxy) is 2. The van der Waals surface area contributed by atoms with Gasteiger partial charge in [-0.25, -0.2) is 4.57 Å². The van der Waals surface area contributed by atoms with Gasteiger partial charge in [0.25, 0.3) is 0 Å². The molecule has 2 N–H and O–H groups in total. The van der Waals surface area contributed by atoms with Crippen molar-refractivity contribution in [3.8, 4) is 0 Å². The minimum absolute atomic E-state index is 0.00428. The summed E-state index contributed by atoms with van der Waals surface area (Å²) in [7, 11) is 1.36. The van der Waals surface area contributed by atoms with Crippen LogP contribution in [0.3, 0.4) is 0 Å².